The van der Waals surface area contributed by atoms with Crippen molar-refractivity contribution in [2.75, 3.05) is 13.2 Å². The molecule has 0 saturated carbocycles. The van der Waals surface area contributed by atoms with Gasteiger partial charge in [0.15, 0.2) is 0 Å². The number of nitrogens with zero attached hydrogens (tertiary/aromatic N) is 1. The van der Waals surface area contributed by atoms with Crippen LogP contribution in [0.15, 0.2) is 18.2 Å². The Morgan fingerprint density at radius 3 is 2.46 bits per heavy atom. The van der Waals surface area contributed by atoms with Gasteiger partial charge in [-0.05, 0) is 44.0 Å². The maximum absolute atomic E-state index is 12.7. The number of imide groups is 2. The molecule has 2 aliphatic rings. The number of carbonyl (C=O) groups excluding carboxylic acids is 4. The van der Waals surface area contributed by atoms with Crippen LogP contribution in [0.1, 0.15) is 65.7 Å². The van der Waals surface area contributed by atoms with E-state index >= 15 is 0 Å². The molecule has 28 heavy (non-hydrogen) atoms. The molecule has 2 aliphatic heterocycles. The van der Waals surface area contributed by atoms with Crippen LogP contribution in [0.5, 0.6) is 5.75 Å². The van der Waals surface area contributed by atoms with Crippen molar-refractivity contribution in [3.63, 3.8) is 0 Å². The van der Waals surface area contributed by atoms with Crippen molar-refractivity contribution in [1.82, 2.24) is 10.2 Å². The van der Waals surface area contributed by atoms with Gasteiger partial charge >= 0.3 is 0 Å². The number of unbranched alkanes of at least 4 members (excludes halogenated alkanes) is 4. The third-order valence-electron chi connectivity index (χ3n) is 5.03. The molecule has 1 aromatic carbocycles. The van der Waals surface area contributed by atoms with Gasteiger partial charge in [-0.15, -0.1) is 0 Å². The van der Waals surface area contributed by atoms with Crippen LogP contribution in [0.4, 0.5) is 0 Å². The molecular weight excluding hydrogens is 362 g/mol. The molecule has 0 radical (unpaired) electrons. The Morgan fingerprint density at radius 2 is 1.71 bits per heavy atom. The average Bonchev–Trinajstić information content (AvgIpc) is 2.92. The van der Waals surface area contributed by atoms with Gasteiger partial charge in [0.05, 0.1) is 17.7 Å². The molecule has 0 aliphatic carbocycles. The van der Waals surface area contributed by atoms with Crippen molar-refractivity contribution >= 4 is 23.6 Å². The van der Waals surface area contributed by atoms with Gasteiger partial charge in [-0.3, -0.25) is 29.4 Å². The number of ether oxygens (including phenoxy) is 1. The minimum Gasteiger partial charge on any atom is -0.494 e. The summed E-state index contributed by atoms with van der Waals surface area (Å²) in [6.07, 6.45) is 5.45. The lowest BCUT2D eigenvalue weighted by Crippen LogP contribution is -2.54. The second-order valence-corrected chi connectivity index (χ2v) is 7.06. The molecule has 1 unspecified atom stereocenters. The van der Waals surface area contributed by atoms with Crippen LogP contribution in [-0.4, -0.2) is 47.7 Å². The van der Waals surface area contributed by atoms with Gasteiger partial charge in [-0.1, -0.05) is 19.3 Å². The monoisotopic (exact) mass is 387 g/mol. The molecule has 0 bridgehead atoms. The summed E-state index contributed by atoms with van der Waals surface area (Å²) in [6.45, 7) is 1.24. The molecule has 1 fully saturated rings. The molecule has 4 amide bonds. The van der Waals surface area contributed by atoms with E-state index in [1.165, 1.54) is 0 Å². The van der Waals surface area contributed by atoms with Crippen LogP contribution in [0.25, 0.3) is 0 Å². The Bertz CT molecular complexity index is 792. The Morgan fingerprint density at radius 1 is 1.00 bits per heavy atom. The Kier molecular flexibility index (Phi) is 6.41. The van der Waals surface area contributed by atoms with Gasteiger partial charge in [0.25, 0.3) is 11.8 Å². The molecule has 8 nitrogen and oxygen atoms in total. The number of hydrogen-bond donors (Lipinski definition) is 2. The van der Waals surface area contributed by atoms with Crippen molar-refractivity contribution in [3.8, 4) is 5.75 Å². The summed E-state index contributed by atoms with van der Waals surface area (Å²) in [5.41, 5.74) is 5.95. The van der Waals surface area contributed by atoms with E-state index in [-0.39, 0.29) is 24.0 Å². The van der Waals surface area contributed by atoms with Crippen molar-refractivity contribution in [2.24, 2.45) is 5.73 Å². The lowest BCUT2D eigenvalue weighted by Gasteiger charge is -2.27. The molecule has 2 heterocycles. The van der Waals surface area contributed by atoms with E-state index in [4.69, 9.17) is 10.5 Å². The third-order valence-corrected chi connectivity index (χ3v) is 5.03. The standard InChI is InChI=1S/C20H25N3O5/c21-10-4-2-1-3-5-11-28-13-6-7-14-15(12-13)20(27)23(19(14)26)16-8-9-17(24)22-18(16)25/h6-7,12,16H,1-5,8-11,21H2,(H,22,24,25). The first kappa shape index (κ1) is 20.0. The molecule has 1 saturated heterocycles. The number of amides is 4. The molecule has 3 N–H and O–H groups in total. The lowest BCUT2D eigenvalue weighted by atomic mass is 10.0. The van der Waals surface area contributed by atoms with Crippen LogP contribution in [0, 0.1) is 0 Å². The van der Waals surface area contributed by atoms with E-state index in [0.717, 1.165) is 37.0 Å². The van der Waals surface area contributed by atoms with Crippen LogP contribution in [-0.2, 0) is 9.59 Å². The number of benzene rings is 1. The summed E-state index contributed by atoms with van der Waals surface area (Å²) in [5.74, 6) is -1.52. The van der Waals surface area contributed by atoms with Crippen LogP contribution in [0.2, 0.25) is 0 Å². The smallest absolute Gasteiger partial charge is 0.262 e. The zero-order valence-corrected chi connectivity index (χ0v) is 15.7. The second kappa shape index (κ2) is 8.97. The van der Waals surface area contributed by atoms with Gasteiger partial charge in [0.1, 0.15) is 11.8 Å². The average molecular weight is 387 g/mol. The maximum Gasteiger partial charge on any atom is 0.262 e. The van der Waals surface area contributed by atoms with Gasteiger partial charge < -0.3 is 10.5 Å². The van der Waals surface area contributed by atoms with Gasteiger partial charge in [-0.2, -0.15) is 0 Å². The van der Waals surface area contributed by atoms with Crippen molar-refractivity contribution in [2.45, 2.75) is 51.0 Å². The number of hydrogen-bond acceptors (Lipinski definition) is 6. The summed E-state index contributed by atoms with van der Waals surface area (Å²) in [5, 5.41) is 2.18. The minimum atomic E-state index is -0.956. The molecule has 8 heteroatoms. The van der Waals surface area contributed by atoms with E-state index in [1.54, 1.807) is 18.2 Å². The summed E-state index contributed by atoms with van der Waals surface area (Å²) in [7, 11) is 0. The van der Waals surface area contributed by atoms with Gasteiger partial charge in [0, 0.05) is 6.42 Å². The summed E-state index contributed by atoms with van der Waals surface area (Å²) in [4.78, 5) is 49.7. The highest BCUT2D eigenvalue weighted by molar-refractivity contribution is 6.23. The van der Waals surface area contributed by atoms with Crippen molar-refractivity contribution in [1.29, 1.82) is 0 Å². The molecule has 3 rings (SSSR count). The predicted molar refractivity (Wildman–Crippen MR) is 101 cm³/mol. The fourth-order valence-electron chi connectivity index (χ4n) is 3.51. The highest BCUT2D eigenvalue weighted by Gasteiger charge is 2.44. The van der Waals surface area contributed by atoms with E-state index in [0.29, 0.717) is 18.9 Å². The molecule has 1 aromatic rings. The first-order valence-electron chi connectivity index (χ1n) is 9.71. The van der Waals surface area contributed by atoms with Crippen molar-refractivity contribution < 1.29 is 23.9 Å². The second-order valence-electron chi connectivity index (χ2n) is 7.06. The number of piperidine rings is 1. The molecule has 1 atom stereocenters. The van der Waals surface area contributed by atoms with E-state index in [1.807, 2.05) is 0 Å². The largest absolute Gasteiger partial charge is 0.494 e. The van der Waals surface area contributed by atoms with Crippen LogP contribution >= 0.6 is 0 Å². The number of fused-ring (bicyclic) bond motifs is 1. The Labute approximate surface area is 163 Å². The first-order valence-corrected chi connectivity index (χ1v) is 9.71. The summed E-state index contributed by atoms with van der Waals surface area (Å²) in [6, 6.07) is 3.81. The summed E-state index contributed by atoms with van der Waals surface area (Å²) < 4.78 is 5.71. The highest BCUT2D eigenvalue weighted by atomic mass is 16.5. The highest BCUT2D eigenvalue weighted by Crippen LogP contribution is 2.30. The normalized spacial score (nSPS) is 19.0. The molecular formula is C20H25N3O5. The Balaban J connectivity index is 1.60. The minimum absolute atomic E-state index is 0.101. The molecule has 150 valence electrons. The number of rotatable bonds is 9. The zero-order chi connectivity index (χ0) is 20.1. The SMILES string of the molecule is NCCCCCCCOc1ccc2c(c1)C(=O)N(C1CCC(=O)NC1=O)C2=O. The molecule has 0 spiro atoms. The van der Waals surface area contributed by atoms with Gasteiger partial charge in [0.2, 0.25) is 11.8 Å². The predicted octanol–water partition coefficient (Wildman–Crippen LogP) is 1.38. The van der Waals surface area contributed by atoms with Crippen LogP contribution < -0.4 is 15.8 Å². The maximum atomic E-state index is 12.7. The number of carbonyl (C=O) groups is 4. The number of nitrogens with two attached hydrogens (primary N) is 1. The Hall–Kier alpha value is -2.74. The lowest BCUT2D eigenvalue weighted by molar-refractivity contribution is -0.136. The number of nitrogens with one attached hydrogen (secondary N) is 1. The van der Waals surface area contributed by atoms with E-state index < -0.39 is 29.7 Å². The third kappa shape index (κ3) is 4.22. The first-order chi connectivity index (χ1) is 13.5. The fourth-order valence-corrected chi connectivity index (χ4v) is 3.51. The summed E-state index contributed by atoms with van der Waals surface area (Å²) >= 11 is 0. The molecule has 0 aromatic heterocycles. The van der Waals surface area contributed by atoms with Crippen molar-refractivity contribution in [3.05, 3.63) is 29.3 Å². The van der Waals surface area contributed by atoms with E-state index in [2.05, 4.69) is 5.32 Å². The zero-order valence-electron chi connectivity index (χ0n) is 15.7. The van der Waals surface area contributed by atoms with Crippen LogP contribution in [0.3, 0.4) is 0 Å². The van der Waals surface area contributed by atoms with E-state index in [9.17, 15) is 19.2 Å². The van der Waals surface area contributed by atoms with Gasteiger partial charge in [-0.25, -0.2) is 0 Å². The topological polar surface area (TPSA) is 119 Å². The fraction of sp³-hybridized carbons (Fsp3) is 0.500. The quantitative estimate of drug-likeness (QED) is 0.488.